The van der Waals surface area contributed by atoms with Crippen molar-refractivity contribution in [1.82, 2.24) is 14.4 Å². The minimum atomic E-state index is -0.332. The predicted octanol–water partition coefficient (Wildman–Crippen LogP) is 5.09. The molecule has 0 aliphatic carbocycles. The number of rotatable bonds is 8. The largest absolute Gasteiger partial charge is 0.494 e. The Bertz CT molecular complexity index is 1510. The number of likely N-dealkylation sites (tertiary alicyclic amines) is 1. The van der Waals surface area contributed by atoms with Crippen molar-refractivity contribution in [3.8, 4) is 5.75 Å². The highest BCUT2D eigenvalue weighted by atomic mass is 35.5. The molecular formula is C29H32ClN3O4S. The third-order valence-electron chi connectivity index (χ3n) is 7.11. The maximum Gasteiger partial charge on any atom is 0.267 e. The molecule has 4 aromatic rings. The number of amides is 1. The van der Waals surface area contributed by atoms with Gasteiger partial charge in [0.1, 0.15) is 10.3 Å². The number of hydrogen-bond donors (Lipinski definition) is 0. The summed E-state index contributed by atoms with van der Waals surface area (Å²) >= 11 is 1.29. The Morgan fingerprint density at radius 2 is 1.68 bits per heavy atom. The molecular weight excluding hydrogens is 522 g/mol. The Morgan fingerprint density at radius 3 is 2.39 bits per heavy atom. The van der Waals surface area contributed by atoms with E-state index in [4.69, 9.17) is 4.74 Å². The fraction of sp³-hybridized carbons (Fsp3) is 0.345. The molecule has 2 aromatic carbocycles. The van der Waals surface area contributed by atoms with Gasteiger partial charge in [-0.25, -0.2) is 0 Å². The number of carbonyl (C=O) groups is 2. The molecule has 38 heavy (non-hydrogen) atoms. The van der Waals surface area contributed by atoms with E-state index in [1.165, 1.54) is 42.3 Å². The van der Waals surface area contributed by atoms with Crippen LogP contribution in [0.3, 0.4) is 0 Å². The van der Waals surface area contributed by atoms with Crippen molar-refractivity contribution in [3.63, 3.8) is 0 Å². The van der Waals surface area contributed by atoms with Gasteiger partial charge in [0.05, 0.1) is 23.9 Å². The summed E-state index contributed by atoms with van der Waals surface area (Å²) in [5.41, 5.74) is 0.869. The monoisotopic (exact) mass is 553 g/mol. The highest BCUT2D eigenvalue weighted by Crippen LogP contribution is 2.40. The van der Waals surface area contributed by atoms with Crippen LogP contribution in [-0.4, -0.2) is 66.4 Å². The number of pyridine rings is 1. The zero-order chi connectivity index (χ0) is 25.9. The van der Waals surface area contributed by atoms with Crippen LogP contribution in [0.5, 0.6) is 5.75 Å². The number of benzene rings is 2. The molecule has 0 radical (unpaired) electrons. The van der Waals surface area contributed by atoms with Crippen LogP contribution >= 0.6 is 23.7 Å². The van der Waals surface area contributed by atoms with Gasteiger partial charge in [-0.2, -0.15) is 0 Å². The van der Waals surface area contributed by atoms with Crippen molar-refractivity contribution in [2.75, 3.05) is 40.3 Å². The molecule has 5 rings (SSSR count). The van der Waals surface area contributed by atoms with Gasteiger partial charge in [0, 0.05) is 31.1 Å². The second-order valence-corrected chi connectivity index (χ2v) is 10.5. The molecule has 1 amide bonds. The van der Waals surface area contributed by atoms with Gasteiger partial charge in [0.2, 0.25) is 0 Å². The Labute approximate surface area is 232 Å². The number of hydrogen-bond acceptors (Lipinski definition) is 6. The van der Waals surface area contributed by atoms with Crippen LogP contribution in [0.2, 0.25) is 0 Å². The maximum atomic E-state index is 13.8. The lowest BCUT2D eigenvalue weighted by molar-refractivity contribution is 0.0774. The SMILES string of the molecule is COc1c(C(=O)N(C)CCN2CCCCC2)sc2c1c(=O)n(CC(=O)c1ccccc1)c1ccccc21.Cl. The number of piperidine rings is 1. The Morgan fingerprint density at radius 1 is 1.00 bits per heavy atom. The molecule has 0 unspecified atom stereocenters. The molecule has 200 valence electrons. The van der Waals surface area contributed by atoms with Crippen LogP contribution in [0, 0.1) is 0 Å². The highest BCUT2D eigenvalue weighted by Gasteiger charge is 2.27. The molecule has 0 saturated carbocycles. The predicted molar refractivity (Wildman–Crippen MR) is 155 cm³/mol. The molecule has 0 spiro atoms. The number of fused-ring (bicyclic) bond motifs is 3. The van der Waals surface area contributed by atoms with E-state index in [-0.39, 0.29) is 42.0 Å². The molecule has 9 heteroatoms. The number of halogens is 1. The van der Waals surface area contributed by atoms with Crippen LogP contribution < -0.4 is 10.3 Å². The van der Waals surface area contributed by atoms with E-state index in [1.807, 2.05) is 30.3 Å². The molecule has 0 N–H and O–H groups in total. The van der Waals surface area contributed by atoms with Crippen molar-refractivity contribution in [2.45, 2.75) is 25.8 Å². The first kappa shape index (κ1) is 27.8. The summed E-state index contributed by atoms with van der Waals surface area (Å²) in [7, 11) is 3.28. The van der Waals surface area contributed by atoms with E-state index in [9.17, 15) is 14.4 Å². The first-order chi connectivity index (χ1) is 18.0. The fourth-order valence-electron chi connectivity index (χ4n) is 5.05. The number of likely N-dealkylation sites (N-methyl/N-ethyl adjacent to an activating group) is 1. The normalized spacial score (nSPS) is 13.8. The first-order valence-corrected chi connectivity index (χ1v) is 13.5. The summed E-state index contributed by atoms with van der Waals surface area (Å²) in [6.45, 7) is 3.47. The third kappa shape index (κ3) is 5.34. The minimum absolute atomic E-state index is 0. The first-order valence-electron chi connectivity index (χ1n) is 12.7. The van der Waals surface area contributed by atoms with Crippen LogP contribution in [0.15, 0.2) is 59.4 Å². The Kier molecular flexibility index (Phi) is 8.87. The van der Waals surface area contributed by atoms with Gasteiger partial charge in [-0.3, -0.25) is 19.0 Å². The fourth-order valence-corrected chi connectivity index (χ4v) is 6.34. The van der Waals surface area contributed by atoms with Crippen molar-refractivity contribution in [2.24, 2.45) is 0 Å². The standard InChI is InChI=1S/C29H31N3O4S.ClH/c1-30(17-18-31-15-9-4-10-16-31)29(35)27-25(36-2)24-26(37-27)21-13-7-8-14-22(21)32(28(24)34)19-23(33)20-11-5-3-6-12-20;/h3,5-8,11-14H,4,9-10,15-19H2,1-2H3;1H. The van der Waals surface area contributed by atoms with Crippen molar-refractivity contribution in [1.29, 1.82) is 0 Å². The summed E-state index contributed by atoms with van der Waals surface area (Å²) in [6, 6.07) is 16.5. The van der Waals surface area contributed by atoms with Crippen LogP contribution in [0.4, 0.5) is 0 Å². The van der Waals surface area contributed by atoms with Crippen LogP contribution in [0.25, 0.3) is 21.0 Å². The third-order valence-corrected chi connectivity index (χ3v) is 8.30. The lowest BCUT2D eigenvalue weighted by Gasteiger charge is -2.28. The number of ether oxygens (including phenoxy) is 1. The molecule has 1 fully saturated rings. The van der Waals surface area contributed by atoms with Gasteiger partial charge in [-0.05, 0) is 32.0 Å². The summed E-state index contributed by atoms with van der Waals surface area (Å²) in [6.07, 6.45) is 3.68. The molecule has 1 aliphatic rings. The van der Waals surface area contributed by atoms with E-state index in [1.54, 1.807) is 36.2 Å². The number of aromatic nitrogens is 1. The smallest absolute Gasteiger partial charge is 0.267 e. The van der Waals surface area contributed by atoms with E-state index < -0.39 is 0 Å². The molecule has 1 saturated heterocycles. The van der Waals surface area contributed by atoms with E-state index in [0.717, 1.165) is 25.0 Å². The number of carbonyl (C=O) groups excluding carboxylic acids is 2. The van der Waals surface area contributed by atoms with Gasteiger partial charge in [0.15, 0.2) is 11.5 Å². The molecule has 0 atom stereocenters. The van der Waals surface area contributed by atoms with E-state index >= 15 is 0 Å². The van der Waals surface area contributed by atoms with Crippen LogP contribution in [0.1, 0.15) is 39.3 Å². The van der Waals surface area contributed by atoms with Gasteiger partial charge >= 0.3 is 0 Å². The number of para-hydroxylation sites is 1. The molecule has 1 aliphatic heterocycles. The Balaban J connectivity index is 0.00000336. The highest BCUT2D eigenvalue weighted by molar-refractivity contribution is 7.22. The maximum absolute atomic E-state index is 13.8. The van der Waals surface area contributed by atoms with Crippen LogP contribution in [-0.2, 0) is 6.54 Å². The van der Waals surface area contributed by atoms with Gasteiger partial charge < -0.3 is 14.5 Å². The van der Waals surface area contributed by atoms with Crippen molar-refractivity contribution >= 4 is 56.4 Å². The number of thiophene rings is 1. The summed E-state index contributed by atoms with van der Waals surface area (Å²) in [5, 5.41) is 1.16. The second-order valence-electron chi connectivity index (χ2n) is 9.50. The van der Waals surface area contributed by atoms with E-state index in [0.29, 0.717) is 32.6 Å². The number of ketones is 1. The zero-order valence-corrected chi connectivity index (χ0v) is 23.3. The van der Waals surface area contributed by atoms with Crippen molar-refractivity contribution in [3.05, 3.63) is 75.4 Å². The molecule has 2 aromatic heterocycles. The lowest BCUT2D eigenvalue weighted by atomic mass is 10.1. The van der Waals surface area contributed by atoms with E-state index in [2.05, 4.69) is 4.90 Å². The minimum Gasteiger partial charge on any atom is -0.494 e. The number of nitrogens with zero attached hydrogens (tertiary/aromatic N) is 3. The number of Topliss-reactive ketones (excluding diaryl/α,β-unsaturated/α-hetero) is 1. The zero-order valence-electron chi connectivity index (χ0n) is 21.6. The second kappa shape index (κ2) is 12.1. The summed E-state index contributed by atoms with van der Waals surface area (Å²) in [4.78, 5) is 44.9. The van der Waals surface area contributed by atoms with Gasteiger partial charge in [-0.15, -0.1) is 23.7 Å². The number of methoxy groups -OCH3 is 1. The summed E-state index contributed by atoms with van der Waals surface area (Å²) in [5.74, 6) is -0.0351. The van der Waals surface area contributed by atoms with Gasteiger partial charge in [-0.1, -0.05) is 55.0 Å². The molecule has 7 nitrogen and oxygen atoms in total. The van der Waals surface area contributed by atoms with Crippen molar-refractivity contribution < 1.29 is 14.3 Å². The lowest BCUT2D eigenvalue weighted by Crippen LogP contribution is -2.38. The quantitative estimate of drug-likeness (QED) is 0.284. The topological polar surface area (TPSA) is 71.8 Å². The van der Waals surface area contributed by atoms with Gasteiger partial charge in [0.25, 0.3) is 11.5 Å². The molecule has 3 heterocycles. The average Bonchev–Trinajstić information content (AvgIpc) is 3.34. The molecule has 0 bridgehead atoms. The average molecular weight is 554 g/mol. The summed E-state index contributed by atoms with van der Waals surface area (Å²) < 4.78 is 7.89. The Hall–Kier alpha value is -3.20.